The molecular formula is C14H18O3S. The van der Waals surface area contributed by atoms with E-state index in [0.29, 0.717) is 13.0 Å². The second kappa shape index (κ2) is 7.21. The van der Waals surface area contributed by atoms with E-state index in [4.69, 9.17) is 4.74 Å². The molecule has 0 aliphatic heterocycles. The molecule has 0 radical (unpaired) electrons. The summed E-state index contributed by atoms with van der Waals surface area (Å²) in [4.78, 5) is 22.8. The minimum atomic E-state index is -0.337. The Labute approximate surface area is 112 Å². The number of aryl methyl sites for hydroxylation is 2. The lowest BCUT2D eigenvalue weighted by Crippen LogP contribution is -2.10. The standard InChI is InChI=1S/C14H18O3S/c1-4-17-13(15)9-18-14(16)8-12-6-5-10(2)7-11(12)3/h5-7H,4,8-9H2,1-3H3. The van der Waals surface area contributed by atoms with Crippen LogP contribution in [0.5, 0.6) is 0 Å². The SMILES string of the molecule is CCOC(=O)CSC(=O)Cc1ccc(C)cc1C. The molecule has 0 aliphatic rings. The maximum Gasteiger partial charge on any atom is 0.316 e. The molecule has 0 bridgehead atoms. The third-order valence-corrected chi connectivity index (χ3v) is 3.34. The van der Waals surface area contributed by atoms with Crippen molar-refractivity contribution in [2.45, 2.75) is 27.2 Å². The smallest absolute Gasteiger partial charge is 0.316 e. The summed E-state index contributed by atoms with van der Waals surface area (Å²) in [7, 11) is 0. The van der Waals surface area contributed by atoms with Crippen molar-refractivity contribution in [2.75, 3.05) is 12.4 Å². The van der Waals surface area contributed by atoms with Gasteiger partial charge in [-0.3, -0.25) is 9.59 Å². The molecule has 0 heterocycles. The van der Waals surface area contributed by atoms with E-state index in [0.717, 1.165) is 22.9 Å². The molecule has 3 nitrogen and oxygen atoms in total. The van der Waals surface area contributed by atoms with Gasteiger partial charge in [0.2, 0.25) is 0 Å². The molecule has 4 heteroatoms. The number of thioether (sulfide) groups is 1. The van der Waals surface area contributed by atoms with Gasteiger partial charge in [-0.25, -0.2) is 0 Å². The number of carbonyl (C=O) groups excluding carboxylic acids is 2. The molecule has 0 unspecified atom stereocenters. The summed E-state index contributed by atoms with van der Waals surface area (Å²) in [6.45, 7) is 6.12. The normalized spacial score (nSPS) is 10.2. The van der Waals surface area contributed by atoms with Crippen molar-refractivity contribution in [3.8, 4) is 0 Å². The molecule has 0 fully saturated rings. The van der Waals surface area contributed by atoms with Crippen LogP contribution in [0.1, 0.15) is 23.6 Å². The number of carbonyl (C=O) groups is 2. The zero-order valence-corrected chi connectivity index (χ0v) is 11.8. The van der Waals surface area contributed by atoms with E-state index >= 15 is 0 Å². The van der Waals surface area contributed by atoms with Crippen LogP contribution in [0.3, 0.4) is 0 Å². The van der Waals surface area contributed by atoms with Crippen LogP contribution in [-0.4, -0.2) is 23.4 Å². The third-order valence-electron chi connectivity index (χ3n) is 2.49. The fourth-order valence-electron chi connectivity index (χ4n) is 1.59. The van der Waals surface area contributed by atoms with Crippen molar-refractivity contribution in [1.82, 2.24) is 0 Å². The van der Waals surface area contributed by atoms with Crippen molar-refractivity contribution >= 4 is 22.8 Å². The van der Waals surface area contributed by atoms with Crippen LogP contribution >= 0.6 is 11.8 Å². The van der Waals surface area contributed by atoms with E-state index < -0.39 is 0 Å². The Balaban J connectivity index is 2.47. The van der Waals surface area contributed by atoms with Crippen molar-refractivity contribution < 1.29 is 14.3 Å². The van der Waals surface area contributed by atoms with E-state index in [2.05, 4.69) is 6.07 Å². The fraction of sp³-hybridized carbons (Fsp3) is 0.429. The zero-order chi connectivity index (χ0) is 13.5. The fourth-order valence-corrected chi connectivity index (χ4v) is 2.21. The molecule has 1 aromatic rings. The number of hydrogen-bond donors (Lipinski definition) is 0. The van der Waals surface area contributed by atoms with Crippen LogP contribution < -0.4 is 0 Å². The lowest BCUT2D eigenvalue weighted by atomic mass is 10.0. The molecule has 1 aromatic carbocycles. The number of rotatable bonds is 5. The summed E-state index contributed by atoms with van der Waals surface area (Å²) in [5.74, 6) is -0.242. The molecule has 98 valence electrons. The Bertz CT molecular complexity index is 441. The largest absolute Gasteiger partial charge is 0.465 e. The van der Waals surface area contributed by atoms with Crippen LogP contribution in [0.15, 0.2) is 18.2 Å². The number of ether oxygens (including phenoxy) is 1. The first-order valence-electron chi connectivity index (χ1n) is 5.90. The van der Waals surface area contributed by atoms with Crippen LogP contribution in [0.2, 0.25) is 0 Å². The molecule has 0 spiro atoms. The highest BCUT2D eigenvalue weighted by Crippen LogP contribution is 2.15. The summed E-state index contributed by atoms with van der Waals surface area (Å²) in [6.07, 6.45) is 0.357. The van der Waals surface area contributed by atoms with Crippen molar-refractivity contribution in [3.63, 3.8) is 0 Å². The Hall–Kier alpha value is -1.29. The van der Waals surface area contributed by atoms with E-state index in [1.54, 1.807) is 6.92 Å². The molecule has 0 atom stereocenters. The first kappa shape index (κ1) is 14.8. The molecule has 0 saturated heterocycles. The second-order valence-corrected chi connectivity index (χ2v) is 5.11. The van der Waals surface area contributed by atoms with Gasteiger partial charge in [-0.1, -0.05) is 35.5 Å². The van der Waals surface area contributed by atoms with E-state index in [-0.39, 0.29) is 16.8 Å². The molecule has 0 aliphatic carbocycles. The van der Waals surface area contributed by atoms with Gasteiger partial charge in [0.25, 0.3) is 0 Å². The highest BCUT2D eigenvalue weighted by Gasteiger charge is 2.10. The van der Waals surface area contributed by atoms with E-state index in [1.165, 1.54) is 5.56 Å². The van der Waals surface area contributed by atoms with Gasteiger partial charge in [0.1, 0.15) is 0 Å². The highest BCUT2D eigenvalue weighted by molar-refractivity contribution is 8.14. The average Bonchev–Trinajstić information content (AvgIpc) is 2.31. The molecule has 18 heavy (non-hydrogen) atoms. The first-order chi connectivity index (χ1) is 8.52. The van der Waals surface area contributed by atoms with Gasteiger partial charge >= 0.3 is 5.97 Å². The van der Waals surface area contributed by atoms with Gasteiger partial charge in [-0.2, -0.15) is 0 Å². The maximum absolute atomic E-state index is 11.7. The molecule has 1 rings (SSSR count). The minimum absolute atomic E-state index is 0.00462. The van der Waals surface area contributed by atoms with Gasteiger partial charge in [0, 0.05) is 6.42 Å². The van der Waals surface area contributed by atoms with Gasteiger partial charge in [0.05, 0.1) is 12.4 Å². The summed E-state index contributed by atoms with van der Waals surface area (Å²) >= 11 is 1.02. The monoisotopic (exact) mass is 266 g/mol. The maximum atomic E-state index is 11.7. The van der Waals surface area contributed by atoms with Crippen molar-refractivity contribution in [1.29, 1.82) is 0 Å². The Morgan fingerprint density at radius 2 is 2.00 bits per heavy atom. The molecular weight excluding hydrogens is 248 g/mol. The topological polar surface area (TPSA) is 43.4 Å². The summed E-state index contributed by atoms with van der Waals surface area (Å²) < 4.78 is 4.77. The van der Waals surface area contributed by atoms with Crippen LogP contribution in [-0.2, 0) is 20.7 Å². The predicted molar refractivity (Wildman–Crippen MR) is 73.7 cm³/mol. The van der Waals surface area contributed by atoms with Gasteiger partial charge < -0.3 is 4.74 Å². The Kier molecular flexibility index (Phi) is 5.92. The van der Waals surface area contributed by atoms with Crippen molar-refractivity contribution in [2.24, 2.45) is 0 Å². The average molecular weight is 266 g/mol. The Morgan fingerprint density at radius 3 is 2.61 bits per heavy atom. The predicted octanol–water partition coefficient (Wildman–Crippen LogP) is 2.67. The van der Waals surface area contributed by atoms with Crippen LogP contribution in [0, 0.1) is 13.8 Å². The number of hydrogen-bond acceptors (Lipinski definition) is 4. The van der Waals surface area contributed by atoms with Crippen LogP contribution in [0.4, 0.5) is 0 Å². The first-order valence-corrected chi connectivity index (χ1v) is 6.89. The lowest BCUT2D eigenvalue weighted by Gasteiger charge is -2.06. The minimum Gasteiger partial charge on any atom is -0.465 e. The zero-order valence-electron chi connectivity index (χ0n) is 11.0. The van der Waals surface area contributed by atoms with Crippen LogP contribution in [0.25, 0.3) is 0 Å². The number of esters is 1. The highest BCUT2D eigenvalue weighted by atomic mass is 32.2. The summed E-state index contributed by atoms with van der Waals surface area (Å²) in [5.41, 5.74) is 3.31. The second-order valence-electron chi connectivity index (χ2n) is 4.07. The molecule has 0 aromatic heterocycles. The summed E-state index contributed by atoms with van der Waals surface area (Å²) in [5, 5.41) is -0.00462. The molecule has 0 saturated carbocycles. The van der Waals surface area contributed by atoms with Crippen molar-refractivity contribution in [3.05, 3.63) is 34.9 Å². The molecule has 0 amide bonds. The summed E-state index contributed by atoms with van der Waals surface area (Å²) in [6, 6.07) is 6.01. The Morgan fingerprint density at radius 1 is 1.28 bits per heavy atom. The van der Waals surface area contributed by atoms with E-state index in [9.17, 15) is 9.59 Å². The lowest BCUT2D eigenvalue weighted by molar-refractivity contribution is -0.140. The van der Waals surface area contributed by atoms with Gasteiger partial charge in [-0.05, 0) is 31.9 Å². The van der Waals surface area contributed by atoms with E-state index in [1.807, 2.05) is 26.0 Å². The van der Waals surface area contributed by atoms with Gasteiger partial charge in [0.15, 0.2) is 5.12 Å². The molecule has 0 N–H and O–H groups in total. The third kappa shape index (κ3) is 4.92. The number of benzene rings is 1. The van der Waals surface area contributed by atoms with Gasteiger partial charge in [-0.15, -0.1) is 0 Å². The quantitative estimate of drug-likeness (QED) is 0.769.